The van der Waals surface area contributed by atoms with Gasteiger partial charge in [-0.3, -0.25) is 0 Å². The zero-order valence-corrected chi connectivity index (χ0v) is 15.9. The molecule has 3 atom stereocenters. The second-order valence-corrected chi connectivity index (χ2v) is 6.88. The summed E-state index contributed by atoms with van der Waals surface area (Å²) in [6, 6.07) is 0. The molecule has 0 aliphatic heterocycles. The maximum Gasteiger partial charge on any atom is 0.337 e. The van der Waals surface area contributed by atoms with E-state index >= 15 is 0 Å². The molecular weight excluding hydrogens is 340 g/mol. The highest BCUT2D eigenvalue weighted by atomic mass is 16.6. The Kier molecular flexibility index (Phi) is 17.2. The molecule has 0 spiro atoms. The summed E-state index contributed by atoms with van der Waals surface area (Å²) in [6.45, 7) is -0.643. The molecule has 26 heavy (non-hydrogen) atoms. The first-order valence-corrected chi connectivity index (χ1v) is 9.95. The standard InChI is InChI=1S/C19H38O7/c20-13-11-9-7-5-3-1-2-4-6-8-10-12-17(23)18(24)19(25)26-15-16(22)14-21/h16-18,20-24H,1-15H2. The fourth-order valence-electron chi connectivity index (χ4n) is 2.69. The molecule has 0 heterocycles. The topological polar surface area (TPSA) is 127 Å². The van der Waals surface area contributed by atoms with Crippen LogP contribution in [0.5, 0.6) is 0 Å². The quantitative estimate of drug-likeness (QED) is 0.179. The van der Waals surface area contributed by atoms with Gasteiger partial charge in [0, 0.05) is 6.61 Å². The Bertz CT molecular complexity index is 325. The van der Waals surface area contributed by atoms with Crippen LogP contribution in [0.25, 0.3) is 0 Å². The van der Waals surface area contributed by atoms with E-state index in [0.717, 1.165) is 38.5 Å². The molecule has 3 unspecified atom stereocenters. The molecule has 0 rings (SSSR count). The highest BCUT2D eigenvalue weighted by Crippen LogP contribution is 2.13. The summed E-state index contributed by atoms with van der Waals surface area (Å²) in [5.74, 6) is -0.982. The monoisotopic (exact) mass is 378 g/mol. The van der Waals surface area contributed by atoms with Gasteiger partial charge in [0.1, 0.15) is 12.7 Å². The maximum atomic E-state index is 11.5. The van der Waals surface area contributed by atoms with E-state index in [0.29, 0.717) is 13.0 Å². The van der Waals surface area contributed by atoms with Crippen molar-refractivity contribution in [3.63, 3.8) is 0 Å². The average Bonchev–Trinajstić information content (AvgIpc) is 2.65. The van der Waals surface area contributed by atoms with Crippen molar-refractivity contribution in [1.29, 1.82) is 0 Å². The number of unbranched alkanes of at least 4 members (excludes halogenated alkanes) is 10. The van der Waals surface area contributed by atoms with E-state index in [1.54, 1.807) is 0 Å². The van der Waals surface area contributed by atoms with Crippen LogP contribution >= 0.6 is 0 Å². The van der Waals surface area contributed by atoms with Crippen LogP contribution in [0.1, 0.15) is 77.0 Å². The molecule has 7 nitrogen and oxygen atoms in total. The van der Waals surface area contributed by atoms with Crippen LogP contribution in [0, 0.1) is 0 Å². The summed E-state index contributed by atoms with van der Waals surface area (Å²) in [7, 11) is 0. The smallest absolute Gasteiger partial charge is 0.337 e. The number of hydrogen-bond acceptors (Lipinski definition) is 7. The predicted octanol–water partition coefficient (Wildman–Crippen LogP) is 1.28. The summed E-state index contributed by atoms with van der Waals surface area (Å²) < 4.78 is 4.62. The first-order valence-electron chi connectivity index (χ1n) is 9.95. The fraction of sp³-hybridized carbons (Fsp3) is 0.947. The second kappa shape index (κ2) is 17.7. The van der Waals surface area contributed by atoms with E-state index < -0.39 is 37.5 Å². The van der Waals surface area contributed by atoms with Crippen molar-refractivity contribution in [2.75, 3.05) is 19.8 Å². The summed E-state index contributed by atoms with van der Waals surface area (Å²) in [5, 5.41) is 45.8. The van der Waals surface area contributed by atoms with E-state index in [9.17, 15) is 15.0 Å². The van der Waals surface area contributed by atoms with Gasteiger partial charge in [0.15, 0.2) is 6.10 Å². The Morgan fingerprint density at radius 2 is 1.19 bits per heavy atom. The van der Waals surface area contributed by atoms with E-state index in [1.807, 2.05) is 0 Å². The van der Waals surface area contributed by atoms with E-state index in [-0.39, 0.29) is 0 Å². The number of carbonyl (C=O) groups excluding carboxylic acids is 1. The van der Waals surface area contributed by atoms with E-state index in [1.165, 1.54) is 32.1 Å². The lowest BCUT2D eigenvalue weighted by molar-refractivity contribution is -0.163. The van der Waals surface area contributed by atoms with Crippen molar-refractivity contribution in [1.82, 2.24) is 0 Å². The molecule has 0 saturated heterocycles. The lowest BCUT2D eigenvalue weighted by Gasteiger charge is -2.17. The van der Waals surface area contributed by atoms with Crippen LogP contribution < -0.4 is 0 Å². The molecule has 0 aliphatic rings. The van der Waals surface area contributed by atoms with Crippen LogP contribution in [0.3, 0.4) is 0 Å². The van der Waals surface area contributed by atoms with Crippen LogP contribution in [0.15, 0.2) is 0 Å². The van der Waals surface area contributed by atoms with Crippen molar-refractivity contribution in [2.45, 2.75) is 95.4 Å². The Labute approximate surface area is 157 Å². The number of rotatable bonds is 18. The zero-order valence-electron chi connectivity index (χ0n) is 15.9. The summed E-state index contributed by atoms with van der Waals surface area (Å²) >= 11 is 0. The van der Waals surface area contributed by atoms with Crippen molar-refractivity contribution < 1.29 is 35.1 Å². The molecule has 0 bridgehead atoms. The van der Waals surface area contributed by atoms with Crippen LogP contribution in [0.4, 0.5) is 0 Å². The molecule has 0 fully saturated rings. The third-order valence-electron chi connectivity index (χ3n) is 4.39. The Morgan fingerprint density at radius 1 is 0.731 bits per heavy atom. The molecule has 0 aromatic rings. The molecule has 0 aliphatic carbocycles. The third-order valence-corrected chi connectivity index (χ3v) is 4.39. The van der Waals surface area contributed by atoms with Gasteiger partial charge < -0.3 is 30.3 Å². The van der Waals surface area contributed by atoms with Gasteiger partial charge in [0.05, 0.1) is 12.7 Å². The molecule has 5 N–H and O–H groups in total. The summed E-state index contributed by atoms with van der Waals surface area (Å²) in [5.41, 5.74) is 0. The van der Waals surface area contributed by atoms with Crippen molar-refractivity contribution in [3.8, 4) is 0 Å². The van der Waals surface area contributed by atoms with Gasteiger partial charge in [-0.1, -0.05) is 64.2 Å². The van der Waals surface area contributed by atoms with E-state index in [2.05, 4.69) is 4.74 Å². The number of ether oxygens (including phenoxy) is 1. The predicted molar refractivity (Wildman–Crippen MR) is 98.6 cm³/mol. The molecule has 0 aromatic carbocycles. The average molecular weight is 379 g/mol. The number of aliphatic hydroxyl groups is 5. The Morgan fingerprint density at radius 3 is 1.65 bits per heavy atom. The Hall–Kier alpha value is -0.730. The highest BCUT2D eigenvalue weighted by molar-refractivity contribution is 5.75. The fourth-order valence-corrected chi connectivity index (χ4v) is 2.69. The van der Waals surface area contributed by atoms with Gasteiger partial charge >= 0.3 is 5.97 Å². The van der Waals surface area contributed by atoms with Crippen molar-refractivity contribution in [3.05, 3.63) is 0 Å². The highest BCUT2D eigenvalue weighted by Gasteiger charge is 2.25. The normalized spacial score (nSPS) is 14.8. The minimum absolute atomic E-state index is 0.291. The maximum absolute atomic E-state index is 11.5. The van der Waals surface area contributed by atoms with Gasteiger partial charge in [0.25, 0.3) is 0 Å². The van der Waals surface area contributed by atoms with Crippen molar-refractivity contribution in [2.24, 2.45) is 0 Å². The van der Waals surface area contributed by atoms with Crippen LogP contribution in [0.2, 0.25) is 0 Å². The number of aliphatic hydroxyl groups excluding tert-OH is 5. The summed E-state index contributed by atoms with van der Waals surface area (Å²) in [4.78, 5) is 11.5. The van der Waals surface area contributed by atoms with Crippen molar-refractivity contribution >= 4 is 5.97 Å². The number of hydrogen-bond donors (Lipinski definition) is 5. The van der Waals surface area contributed by atoms with Crippen LogP contribution in [-0.2, 0) is 9.53 Å². The first kappa shape index (κ1) is 25.3. The van der Waals surface area contributed by atoms with Gasteiger partial charge in [-0.2, -0.15) is 0 Å². The third kappa shape index (κ3) is 14.4. The molecule has 0 saturated carbocycles. The molecule has 0 radical (unpaired) electrons. The van der Waals surface area contributed by atoms with Gasteiger partial charge in [0.2, 0.25) is 0 Å². The van der Waals surface area contributed by atoms with Crippen LogP contribution in [-0.4, -0.2) is 69.6 Å². The number of carbonyl (C=O) groups is 1. The lowest BCUT2D eigenvalue weighted by Crippen LogP contribution is -2.37. The largest absolute Gasteiger partial charge is 0.461 e. The van der Waals surface area contributed by atoms with Gasteiger partial charge in [-0.05, 0) is 12.8 Å². The zero-order chi connectivity index (χ0) is 19.6. The molecular formula is C19H38O7. The second-order valence-electron chi connectivity index (χ2n) is 6.88. The summed E-state index contributed by atoms with van der Waals surface area (Å²) in [6.07, 6.45) is 8.36. The number of esters is 1. The first-order chi connectivity index (χ1) is 12.5. The SMILES string of the molecule is O=C(OCC(O)CO)C(O)C(O)CCCCCCCCCCCCCO. The van der Waals surface area contributed by atoms with Gasteiger partial charge in [-0.25, -0.2) is 4.79 Å². The Balaban J connectivity index is 3.49. The van der Waals surface area contributed by atoms with E-state index in [4.69, 9.17) is 15.3 Å². The minimum Gasteiger partial charge on any atom is -0.461 e. The molecule has 7 heteroatoms. The lowest BCUT2D eigenvalue weighted by atomic mass is 10.0. The molecule has 0 aromatic heterocycles. The molecule has 156 valence electrons. The van der Waals surface area contributed by atoms with Gasteiger partial charge in [-0.15, -0.1) is 0 Å². The minimum atomic E-state index is -1.62. The molecule has 0 amide bonds.